The fraction of sp³-hybridized carbons (Fsp3) is 0.692. The van der Waals surface area contributed by atoms with Crippen LogP contribution in [0.25, 0.3) is 0 Å². The first kappa shape index (κ1) is 72.7. The second kappa shape index (κ2) is 41.6. The van der Waals surface area contributed by atoms with Gasteiger partial charge in [0.25, 0.3) is 5.91 Å². The average Bonchev–Trinajstić information content (AvgIpc) is 3.36. The van der Waals surface area contributed by atoms with Gasteiger partial charge >= 0.3 is 0 Å². The molecule has 8 atom stereocenters. The number of carbonyl (C=O) groups is 10. The number of unbranched alkanes of at least 4 members (excludes halogenated alkanes) is 4. The molecule has 1 unspecified atom stereocenters. The molecule has 1 fully saturated rings. The Morgan fingerprint density at radius 3 is 1.80 bits per heavy atom. The summed E-state index contributed by atoms with van der Waals surface area (Å²) in [5.74, 6) is -7.24. The molecule has 0 radical (unpaired) electrons. The van der Waals surface area contributed by atoms with Crippen LogP contribution in [-0.4, -0.2) is 194 Å². The minimum absolute atomic E-state index is 0.0345. The van der Waals surface area contributed by atoms with E-state index in [0.29, 0.717) is 89.7 Å². The number of nitrogens with two attached hydrogens (primary N) is 9. The minimum Gasteiger partial charge on any atom is -0.370 e. The highest BCUT2D eigenvalue weighted by Crippen LogP contribution is 2.21. The van der Waals surface area contributed by atoms with E-state index in [-0.39, 0.29) is 95.7 Å². The first-order valence-electron chi connectivity index (χ1n) is 28.9. The fourth-order valence-corrected chi connectivity index (χ4v) is 8.55. The summed E-state index contributed by atoms with van der Waals surface area (Å²) in [7, 11) is 0. The fourth-order valence-electron chi connectivity index (χ4n) is 8.55. The van der Waals surface area contributed by atoms with Crippen molar-refractivity contribution < 1.29 is 47.9 Å². The summed E-state index contributed by atoms with van der Waals surface area (Å²) in [5, 5.41) is 23.7. The summed E-state index contributed by atoms with van der Waals surface area (Å²) in [5.41, 5.74) is 51.3. The van der Waals surface area contributed by atoms with Gasteiger partial charge in [-0.2, -0.15) is 0 Å². The highest BCUT2D eigenvalue weighted by atomic mass is 16.2. The van der Waals surface area contributed by atoms with Gasteiger partial charge in [0.1, 0.15) is 48.0 Å². The molecule has 1 aliphatic rings. The molecule has 10 amide bonds. The molecule has 28 N–H and O–H groups in total. The molecule has 0 bridgehead atoms. The topological polar surface area (TPSA) is 557 Å². The summed E-state index contributed by atoms with van der Waals surface area (Å²) in [6.07, 6.45) is 9.79. The number of imidazole rings is 1. The zero-order chi connectivity index (χ0) is 62.4. The van der Waals surface area contributed by atoms with Crippen LogP contribution >= 0.6 is 0 Å². The zero-order valence-electron chi connectivity index (χ0n) is 48.6. The highest BCUT2D eigenvalue weighted by molar-refractivity contribution is 6.02. The van der Waals surface area contributed by atoms with Crippen molar-refractivity contribution in [2.75, 3.05) is 65.4 Å². The van der Waals surface area contributed by atoms with E-state index in [4.69, 9.17) is 51.6 Å². The van der Waals surface area contributed by atoms with E-state index in [9.17, 15) is 47.9 Å². The van der Waals surface area contributed by atoms with Crippen LogP contribution in [-0.2, 0) is 54.4 Å². The molecule has 0 saturated carbocycles. The Kier molecular flexibility index (Phi) is 36.0. The SMILES string of the molecule is C[C@H](NC(=O)[C@H](CCN)NC(=O)[C@@H](N)CCCCN)C(=O)NCC(=O)N[C@H](CCCN)C(=O)N1CCC1C(=O)N[C@@H](Cc1cnc[nH]1)C(=O)N[C@@H](CCCCN)C(=O)N/C(=C\CCN=C(N)N)C(=O)N[C@@H](CCCCN)C(=O)NCCCCN. The van der Waals surface area contributed by atoms with Crippen molar-refractivity contribution in [1.82, 2.24) is 62.7 Å². The molecule has 1 aliphatic heterocycles. The van der Waals surface area contributed by atoms with E-state index >= 15 is 0 Å². The van der Waals surface area contributed by atoms with E-state index in [0.717, 1.165) is 0 Å². The Balaban J connectivity index is 2.28. The van der Waals surface area contributed by atoms with E-state index < -0.39 is 114 Å². The number of rotatable bonds is 44. The summed E-state index contributed by atoms with van der Waals surface area (Å²) in [6.45, 7) is 2.91. The van der Waals surface area contributed by atoms with Crippen LogP contribution in [0, 0.1) is 0 Å². The molecule has 84 heavy (non-hydrogen) atoms. The number of likely N-dealkylation sites (tertiary alicyclic amines) is 1. The monoisotopic (exact) mass is 1190 g/mol. The van der Waals surface area contributed by atoms with Crippen molar-refractivity contribution in [1.29, 1.82) is 0 Å². The number of aromatic nitrogens is 2. The van der Waals surface area contributed by atoms with E-state index in [1.54, 1.807) is 0 Å². The molecule has 0 aromatic carbocycles. The van der Waals surface area contributed by atoms with Crippen LogP contribution in [0.15, 0.2) is 29.3 Å². The van der Waals surface area contributed by atoms with Crippen molar-refractivity contribution in [3.8, 4) is 0 Å². The predicted octanol–water partition coefficient (Wildman–Crippen LogP) is -7.08. The second-order valence-electron chi connectivity index (χ2n) is 20.4. The molecule has 32 heteroatoms. The van der Waals surface area contributed by atoms with Gasteiger partial charge in [0.2, 0.25) is 53.2 Å². The van der Waals surface area contributed by atoms with E-state index in [1.807, 2.05) is 0 Å². The van der Waals surface area contributed by atoms with Gasteiger partial charge in [-0.05, 0) is 143 Å². The van der Waals surface area contributed by atoms with Gasteiger partial charge in [0.15, 0.2) is 5.96 Å². The highest BCUT2D eigenvalue weighted by Gasteiger charge is 2.42. The van der Waals surface area contributed by atoms with Gasteiger partial charge in [-0.1, -0.05) is 12.5 Å². The molecule has 2 heterocycles. The van der Waals surface area contributed by atoms with Crippen LogP contribution in [0.5, 0.6) is 0 Å². The van der Waals surface area contributed by atoms with Gasteiger partial charge in [-0.15, -0.1) is 0 Å². The molecular formula is C52H96N22O10. The average molecular weight is 1190 g/mol. The van der Waals surface area contributed by atoms with Gasteiger partial charge in [-0.3, -0.25) is 52.9 Å². The Bertz CT molecular complexity index is 2290. The lowest BCUT2D eigenvalue weighted by atomic mass is 9.98. The third kappa shape index (κ3) is 27.8. The van der Waals surface area contributed by atoms with Crippen molar-refractivity contribution in [3.05, 3.63) is 30.0 Å². The standard InChI is InChI=1S/C52H96N22O10/c1-32(67-46(79)38(17-24-58)69-44(77)34(59)12-2-5-19-53)43(76)65-30-42(75)68-39(15-10-23-57)51(84)74-27-18-41(74)50(83)73-40(28-33-29-62-31-66-33)49(82)72-36(14-4-7-21-55)47(80)71-37(16-11-26-64-52(60)61)48(81)70-35(13-3-6-20-54)45(78)63-25-9-8-22-56/h16,29,31-32,34-36,38-41H,2-15,17-28,30,53-59H2,1H3,(H,62,66)(H,63,78)(H,65,76)(H,67,79)(H,68,75)(H,69,77)(H,70,81)(H,71,80)(H,72,82)(H,73,83)(H4,60,61,64)/b37-16-/t32-,34-,35-,36-,38-,39+,40-,41?/m0/s1. The molecule has 474 valence electrons. The maximum atomic E-state index is 14.4. The molecule has 0 spiro atoms. The third-order valence-electron chi connectivity index (χ3n) is 13.5. The number of guanidine groups is 1. The van der Waals surface area contributed by atoms with Gasteiger partial charge in [-0.25, -0.2) is 4.98 Å². The number of aliphatic imine (C=N–C) groups is 1. The van der Waals surface area contributed by atoms with Gasteiger partial charge in [0, 0.05) is 37.9 Å². The second-order valence-corrected chi connectivity index (χ2v) is 20.4. The molecule has 1 aromatic rings. The number of H-pyrrole nitrogens is 1. The molecule has 2 rings (SSSR count). The maximum Gasteiger partial charge on any atom is 0.268 e. The Morgan fingerprint density at radius 2 is 1.21 bits per heavy atom. The number of hydrogen-bond acceptors (Lipinski definition) is 19. The summed E-state index contributed by atoms with van der Waals surface area (Å²) in [6, 6.07) is -9.12. The lowest BCUT2D eigenvalue weighted by molar-refractivity contribution is -0.150. The summed E-state index contributed by atoms with van der Waals surface area (Å²) < 4.78 is 0. The predicted molar refractivity (Wildman–Crippen MR) is 314 cm³/mol. The lowest BCUT2D eigenvalue weighted by Gasteiger charge is -2.42. The Morgan fingerprint density at radius 1 is 0.631 bits per heavy atom. The summed E-state index contributed by atoms with van der Waals surface area (Å²) >= 11 is 0. The summed E-state index contributed by atoms with van der Waals surface area (Å²) in [4.78, 5) is 149. The molecule has 1 saturated heterocycles. The lowest BCUT2D eigenvalue weighted by Crippen LogP contribution is -2.64. The van der Waals surface area contributed by atoms with Crippen molar-refractivity contribution >= 4 is 65.0 Å². The van der Waals surface area contributed by atoms with Gasteiger partial charge < -0.3 is 109 Å². The molecular weight excluding hydrogens is 1090 g/mol. The minimum atomic E-state index is -1.36. The van der Waals surface area contributed by atoms with Crippen molar-refractivity contribution in [2.45, 2.75) is 164 Å². The van der Waals surface area contributed by atoms with Crippen LogP contribution in [0.1, 0.15) is 115 Å². The normalized spacial score (nSPS) is 15.5. The molecule has 1 aromatic heterocycles. The van der Waals surface area contributed by atoms with E-state index in [1.165, 1.54) is 30.4 Å². The maximum absolute atomic E-state index is 14.4. The number of carbonyl (C=O) groups excluding carboxylic acids is 10. The Hall–Kier alpha value is -7.36. The van der Waals surface area contributed by atoms with Crippen LogP contribution in [0.2, 0.25) is 0 Å². The first-order valence-corrected chi connectivity index (χ1v) is 28.9. The number of nitrogens with zero attached hydrogens (tertiary/aromatic N) is 3. The smallest absolute Gasteiger partial charge is 0.268 e. The largest absolute Gasteiger partial charge is 0.370 e. The van der Waals surface area contributed by atoms with Crippen LogP contribution < -0.4 is 99.5 Å². The zero-order valence-corrected chi connectivity index (χ0v) is 48.6. The van der Waals surface area contributed by atoms with Crippen LogP contribution in [0.4, 0.5) is 0 Å². The third-order valence-corrected chi connectivity index (χ3v) is 13.5. The Labute approximate surface area is 490 Å². The number of aromatic amines is 1. The van der Waals surface area contributed by atoms with E-state index in [2.05, 4.69) is 62.8 Å². The quantitative estimate of drug-likeness (QED) is 0.0125. The number of hydrogen-bond donors (Lipinski definition) is 19. The first-order chi connectivity index (χ1) is 40.2. The van der Waals surface area contributed by atoms with Gasteiger partial charge in [0.05, 0.1) is 18.9 Å². The number of nitrogens with one attached hydrogen (secondary N) is 10. The van der Waals surface area contributed by atoms with Crippen molar-refractivity contribution in [3.63, 3.8) is 0 Å². The molecule has 0 aliphatic carbocycles. The number of amides is 10. The van der Waals surface area contributed by atoms with Crippen LogP contribution in [0.3, 0.4) is 0 Å². The van der Waals surface area contributed by atoms with Crippen molar-refractivity contribution in [2.24, 2.45) is 56.6 Å². The molecule has 32 nitrogen and oxygen atoms in total.